The van der Waals surface area contributed by atoms with Gasteiger partial charge in [-0.2, -0.15) is 5.10 Å². The number of anilines is 1. The summed E-state index contributed by atoms with van der Waals surface area (Å²) >= 11 is 0. The van der Waals surface area contributed by atoms with Gasteiger partial charge in [0.25, 0.3) is 5.91 Å². The predicted molar refractivity (Wildman–Crippen MR) is 97.0 cm³/mol. The van der Waals surface area contributed by atoms with Crippen LogP contribution in [0.5, 0.6) is 0 Å². The standard InChI is InChI=1S/C20H18F3N3O/c1-3-13-11-18(26(4-2)25-13)14-9-8-12(10-17(14)23)20(27)24-19-15(21)6-5-7-16(19)22/h5-11H,3-4H2,1-2H3,(H,24,27). The van der Waals surface area contributed by atoms with Gasteiger partial charge >= 0.3 is 0 Å². The quantitative estimate of drug-likeness (QED) is 0.698. The monoisotopic (exact) mass is 373 g/mol. The van der Waals surface area contributed by atoms with Gasteiger partial charge in [0.15, 0.2) is 0 Å². The van der Waals surface area contributed by atoms with Crippen molar-refractivity contribution in [1.29, 1.82) is 0 Å². The number of nitrogens with one attached hydrogen (secondary N) is 1. The lowest BCUT2D eigenvalue weighted by atomic mass is 10.1. The number of hydrogen-bond donors (Lipinski definition) is 1. The van der Waals surface area contributed by atoms with E-state index in [1.165, 1.54) is 18.2 Å². The molecule has 140 valence electrons. The van der Waals surface area contributed by atoms with Crippen molar-refractivity contribution in [3.63, 3.8) is 0 Å². The average molecular weight is 373 g/mol. The normalized spacial score (nSPS) is 10.9. The van der Waals surface area contributed by atoms with Gasteiger partial charge in [0.1, 0.15) is 23.1 Å². The molecule has 4 nitrogen and oxygen atoms in total. The summed E-state index contributed by atoms with van der Waals surface area (Å²) in [7, 11) is 0. The van der Waals surface area contributed by atoms with Gasteiger partial charge in [-0.3, -0.25) is 9.48 Å². The lowest BCUT2D eigenvalue weighted by Crippen LogP contribution is -2.14. The smallest absolute Gasteiger partial charge is 0.255 e. The molecule has 0 atom stereocenters. The first kappa shape index (κ1) is 18.7. The third-order valence-corrected chi connectivity index (χ3v) is 4.20. The molecule has 3 aromatic rings. The van der Waals surface area contributed by atoms with Crippen molar-refractivity contribution in [2.24, 2.45) is 0 Å². The number of rotatable bonds is 5. The van der Waals surface area contributed by atoms with Crippen LogP contribution in [0.1, 0.15) is 29.9 Å². The van der Waals surface area contributed by atoms with E-state index in [1.54, 1.807) is 10.7 Å². The molecule has 0 spiro atoms. The van der Waals surface area contributed by atoms with Crippen LogP contribution in [0.3, 0.4) is 0 Å². The second kappa shape index (κ2) is 7.65. The number of aryl methyl sites for hydroxylation is 2. The maximum atomic E-state index is 14.7. The van der Waals surface area contributed by atoms with Crippen LogP contribution >= 0.6 is 0 Å². The van der Waals surface area contributed by atoms with Gasteiger partial charge in [-0.05, 0) is 49.7 Å². The predicted octanol–water partition coefficient (Wildman–Crippen LogP) is 4.80. The van der Waals surface area contributed by atoms with Crippen molar-refractivity contribution in [3.8, 4) is 11.3 Å². The minimum atomic E-state index is -0.903. The third kappa shape index (κ3) is 3.72. The molecule has 3 rings (SSSR count). The highest BCUT2D eigenvalue weighted by molar-refractivity contribution is 6.04. The molecule has 0 bridgehead atoms. The molecule has 1 amide bonds. The SMILES string of the molecule is CCc1cc(-c2ccc(C(=O)Nc3c(F)cccc3F)cc2F)n(CC)n1. The summed E-state index contributed by atoms with van der Waals surface area (Å²) in [4.78, 5) is 12.3. The van der Waals surface area contributed by atoms with Crippen molar-refractivity contribution in [1.82, 2.24) is 9.78 Å². The highest BCUT2D eigenvalue weighted by atomic mass is 19.1. The molecule has 2 aromatic carbocycles. The van der Waals surface area contributed by atoms with Crippen molar-refractivity contribution < 1.29 is 18.0 Å². The topological polar surface area (TPSA) is 46.9 Å². The first-order chi connectivity index (χ1) is 12.9. The van der Waals surface area contributed by atoms with Crippen LogP contribution in [0, 0.1) is 17.5 Å². The number of para-hydroxylation sites is 1. The Balaban J connectivity index is 1.91. The molecule has 0 unspecified atom stereocenters. The summed E-state index contributed by atoms with van der Waals surface area (Å²) in [6, 6.07) is 8.96. The molecule has 27 heavy (non-hydrogen) atoms. The Labute approximate surface area is 154 Å². The molecule has 0 radical (unpaired) electrons. The van der Waals surface area contributed by atoms with Gasteiger partial charge in [0.2, 0.25) is 0 Å². The third-order valence-electron chi connectivity index (χ3n) is 4.20. The minimum absolute atomic E-state index is 0.0443. The van der Waals surface area contributed by atoms with Gasteiger partial charge in [-0.15, -0.1) is 0 Å². The van der Waals surface area contributed by atoms with Crippen LogP contribution in [0.25, 0.3) is 11.3 Å². The fourth-order valence-corrected chi connectivity index (χ4v) is 2.77. The Morgan fingerprint density at radius 2 is 1.74 bits per heavy atom. The number of benzene rings is 2. The van der Waals surface area contributed by atoms with Crippen LogP contribution in [0.4, 0.5) is 18.9 Å². The van der Waals surface area contributed by atoms with E-state index >= 15 is 0 Å². The summed E-state index contributed by atoms with van der Waals surface area (Å²) in [5.74, 6) is -3.23. The van der Waals surface area contributed by atoms with E-state index < -0.39 is 29.0 Å². The largest absolute Gasteiger partial charge is 0.317 e. The molecule has 7 heteroatoms. The van der Waals surface area contributed by atoms with Crippen LogP contribution in [0.15, 0.2) is 42.5 Å². The summed E-state index contributed by atoms with van der Waals surface area (Å²) in [6.07, 6.45) is 0.719. The molecule has 0 fully saturated rings. The molecular formula is C20H18F3N3O. The van der Waals surface area contributed by atoms with E-state index in [0.717, 1.165) is 30.3 Å². The Hall–Kier alpha value is -3.09. The average Bonchev–Trinajstić information content (AvgIpc) is 3.08. The van der Waals surface area contributed by atoms with E-state index in [9.17, 15) is 18.0 Å². The molecule has 1 N–H and O–H groups in total. The Morgan fingerprint density at radius 1 is 1.04 bits per heavy atom. The van der Waals surface area contributed by atoms with Gasteiger partial charge in [0, 0.05) is 17.7 Å². The zero-order valence-electron chi connectivity index (χ0n) is 14.9. The van der Waals surface area contributed by atoms with Gasteiger partial charge in [-0.1, -0.05) is 13.0 Å². The van der Waals surface area contributed by atoms with Gasteiger partial charge < -0.3 is 5.32 Å². The lowest BCUT2D eigenvalue weighted by molar-refractivity contribution is 0.102. The van der Waals surface area contributed by atoms with E-state index in [2.05, 4.69) is 10.4 Å². The zero-order chi connectivity index (χ0) is 19.6. The number of carbonyl (C=O) groups is 1. The summed E-state index contributed by atoms with van der Waals surface area (Å²) in [6.45, 7) is 4.43. The number of nitrogens with zero attached hydrogens (tertiary/aromatic N) is 2. The van der Waals surface area contributed by atoms with E-state index in [0.29, 0.717) is 17.8 Å². The maximum absolute atomic E-state index is 14.7. The molecular weight excluding hydrogens is 355 g/mol. The fraction of sp³-hybridized carbons (Fsp3) is 0.200. The second-order valence-electron chi connectivity index (χ2n) is 5.94. The Morgan fingerprint density at radius 3 is 2.33 bits per heavy atom. The Kier molecular flexibility index (Phi) is 5.30. The van der Waals surface area contributed by atoms with E-state index in [1.807, 2.05) is 13.8 Å². The van der Waals surface area contributed by atoms with E-state index in [-0.39, 0.29) is 5.56 Å². The highest BCUT2D eigenvalue weighted by Gasteiger charge is 2.17. The number of halogens is 3. The second-order valence-corrected chi connectivity index (χ2v) is 5.94. The summed E-state index contributed by atoms with van der Waals surface area (Å²) in [5.41, 5.74) is 1.14. The van der Waals surface area contributed by atoms with Crippen LogP contribution in [0.2, 0.25) is 0 Å². The number of amides is 1. The maximum Gasteiger partial charge on any atom is 0.255 e. The molecule has 0 saturated heterocycles. The number of carbonyl (C=O) groups excluding carboxylic acids is 1. The first-order valence-corrected chi connectivity index (χ1v) is 8.56. The van der Waals surface area contributed by atoms with Crippen molar-refractivity contribution in [3.05, 3.63) is 71.2 Å². The van der Waals surface area contributed by atoms with Crippen LogP contribution in [-0.2, 0) is 13.0 Å². The van der Waals surface area contributed by atoms with Crippen LogP contribution < -0.4 is 5.32 Å². The van der Waals surface area contributed by atoms with Crippen molar-refractivity contribution in [2.45, 2.75) is 26.8 Å². The lowest BCUT2D eigenvalue weighted by Gasteiger charge is -2.10. The van der Waals surface area contributed by atoms with Crippen LogP contribution in [-0.4, -0.2) is 15.7 Å². The molecule has 1 heterocycles. The first-order valence-electron chi connectivity index (χ1n) is 8.56. The van der Waals surface area contributed by atoms with Gasteiger partial charge in [0.05, 0.1) is 11.4 Å². The fourth-order valence-electron chi connectivity index (χ4n) is 2.77. The molecule has 0 aliphatic heterocycles. The number of hydrogen-bond acceptors (Lipinski definition) is 2. The van der Waals surface area contributed by atoms with E-state index in [4.69, 9.17) is 0 Å². The van der Waals surface area contributed by atoms with Gasteiger partial charge in [-0.25, -0.2) is 13.2 Å². The molecule has 0 aliphatic carbocycles. The minimum Gasteiger partial charge on any atom is -0.317 e. The summed E-state index contributed by atoms with van der Waals surface area (Å²) < 4.78 is 43.7. The molecule has 1 aromatic heterocycles. The molecule has 0 saturated carbocycles. The van der Waals surface area contributed by atoms with Crippen molar-refractivity contribution >= 4 is 11.6 Å². The Bertz CT molecular complexity index is 978. The highest BCUT2D eigenvalue weighted by Crippen LogP contribution is 2.26. The number of aromatic nitrogens is 2. The molecule has 0 aliphatic rings. The van der Waals surface area contributed by atoms with Crippen molar-refractivity contribution in [2.75, 3.05) is 5.32 Å². The zero-order valence-corrected chi connectivity index (χ0v) is 14.9. The summed E-state index contributed by atoms with van der Waals surface area (Å²) in [5, 5.41) is 6.53.